The zero-order valence-electron chi connectivity index (χ0n) is 17.4. The van der Waals surface area contributed by atoms with E-state index in [1.54, 1.807) is 34.1 Å². The van der Waals surface area contributed by atoms with E-state index in [0.717, 1.165) is 34.1 Å². The summed E-state index contributed by atoms with van der Waals surface area (Å²) in [7, 11) is 3.69. The molecule has 0 radical (unpaired) electrons. The van der Waals surface area contributed by atoms with Gasteiger partial charge in [-0.3, -0.25) is 19.2 Å². The van der Waals surface area contributed by atoms with Crippen LogP contribution >= 0.6 is 22.7 Å². The lowest BCUT2D eigenvalue weighted by Crippen LogP contribution is -2.12. The van der Waals surface area contributed by atoms with E-state index >= 15 is 0 Å². The van der Waals surface area contributed by atoms with Gasteiger partial charge < -0.3 is 14.0 Å². The van der Waals surface area contributed by atoms with Gasteiger partial charge in [0.15, 0.2) is 11.6 Å². The molecule has 0 aliphatic carbocycles. The Morgan fingerprint density at radius 2 is 1.36 bits per heavy atom. The van der Waals surface area contributed by atoms with E-state index in [1.807, 2.05) is 27.9 Å². The molecule has 0 aromatic carbocycles. The molecule has 7 nitrogen and oxygen atoms in total. The standard InChI is InChI=1S/C11H16N2O2S.C8H11NO2S/c1-5-13-8(2)10(16-11(13)15)9(14)6-7-12(3)4;1-4-9-5(2)7(6(3)10)12-8(9)11/h6-7H,5H2,1-4H3;4H2,1-3H3. The molecular weight excluding hydrogens is 398 g/mol. The minimum atomic E-state index is -0.111. The number of aromatic nitrogens is 2. The molecule has 2 rings (SSSR count). The van der Waals surface area contributed by atoms with Gasteiger partial charge in [-0.15, -0.1) is 0 Å². The van der Waals surface area contributed by atoms with Crippen LogP contribution in [0.4, 0.5) is 0 Å². The molecule has 0 bridgehead atoms. The maximum Gasteiger partial charge on any atom is 0.307 e. The van der Waals surface area contributed by atoms with Crippen molar-refractivity contribution in [3.63, 3.8) is 0 Å². The molecule has 2 aromatic heterocycles. The van der Waals surface area contributed by atoms with Gasteiger partial charge in [0.25, 0.3) is 0 Å². The second-order valence-corrected chi connectivity index (χ2v) is 8.18. The first kappa shape index (κ1) is 23.8. The molecular formula is C19H27N3O4S2. The highest BCUT2D eigenvalue weighted by Crippen LogP contribution is 2.13. The maximum absolute atomic E-state index is 11.8. The molecule has 9 heteroatoms. The monoisotopic (exact) mass is 425 g/mol. The largest absolute Gasteiger partial charge is 0.383 e. The van der Waals surface area contributed by atoms with Crippen LogP contribution in [0.25, 0.3) is 0 Å². The lowest BCUT2D eigenvalue weighted by molar-refractivity contribution is 0.101. The average Bonchev–Trinajstić information content (AvgIpc) is 3.08. The van der Waals surface area contributed by atoms with Gasteiger partial charge in [0.05, 0.1) is 9.75 Å². The highest BCUT2D eigenvalue weighted by molar-refractivity contribution is 7.12. The van der Waals surface area contributed by atoms with Gasteiger partial charge in [-0.2, -0.15) is 0 Å². The lowest BCUT2D eigenvalue weighted by atomic mass is 10.2. The number of Topliss-reactive ketones (excluding diaryl/α,β-unsaturated/α-hetero) is 1. The summed E-state index contributed by atoms with van der Waals surface area (Å²) in [4.78, 5) is 48.3. The van der Waals surface area contributed by atoms with Crippen molar-refractivity contribution in [3.05, 3.63) is 52.8 Å². The summed E-state index contributed by atoms with van der Waals surface area (Å²) in [6, 6.07) is 0. The topological polar surface area (TPSA) is 81.4 Å². The fraction of sp³-hybridized carbons (Fsp3) is 0.474. The van der Waals surface area contributed by atoms with E-state index < -0.39 is 0 Å². The van der Waals surface area contributed by atoms with Crippen LogP contribution < -0.4 is 9.75 Å². The third kappa shape index (κ3) is 5.62. The number of hydrogen-bond donors (Lipinski definition) is 0. The van der Waals surface area contributed by atoms with E-state index in [4.69, 9.17) is 0 Å². The third-order valence-electron chi connectivity index (χ3n) is 3.99. The van der Waals surface area contributed by atoms with Crippen molar-refractivity contribution in [2.45, 2.75) is 47.7 Å². The van der Waals surface area contributed by atoms with Crippen molar-refractivity contribution in [2.24, 2.45) is 0 Å². The Bertz CT molecular complexity index is 990. The quantitative estimate of drug-likeness (QED) is 0.525. The van der Waals surface area contributed by atoms with Gasteiger partial charge in [-0.25, -0.2) is 0 Å². The second kappa shape index (κ2) is 10.3. The Balaban J connectivity index is 0.000000292. The van der Waals surface area contributed by atoms with Crippen molar-refractivity contribution in [1.82, 2.24) is 14.0 Å². The Morgan fingerprint density at radius 1 is 0.929 bits per heavy atom. The number of hydrogen-bond acceptors (Lipinski definition) is 7. The highest BCUT2D eigenvalue weighted by atomic mass is 32.1. The van der Waals surface area contributed by atoms with Crippen LogP contribution in [0.2, 0.25) is 0 Å². The molecule has 2 aromatic rings. The number of carbonyl (C=O) groups excluding carboxylic acids is 2. The Kier molecular flexibility index (Phi) is 8.77. The summed E-state index contributed by atoms with van der Waals surface area (Å²) in [6.07, 6.45) is 3.17. The summed E-state index contributed by atoms with van der Waals surface area (Å²) >= 11 is 2.04. The van der Waals surface area contributed by atoms with E-state index in [9.17, 15) is 19.2 Å². The molecule has 2 heterocycles. The third-order valence-corrected chi connectivity index (χ3v) is 6.26. The molecule has 0 aliphatic heterocycles. The minimum Gasteiger partial charge on any atom is -0.383 e. The predicted molar refractivity (Wildman–Crippen MR) is 115 cm³/mol. The smallest absolute Gasteiger partial charge is 0.307 e. The van der Waals surface area contributed by atoms with Gasteiger partial charge in [0, 0.05) is 57.8 Å². The normalized spacial score (nSPS) is 10.7. The van der Waals surface area contributed by atoms with Gasteiger partial charge in [0.1, 0.15) is 0 Å². The van der Waals surface area contributed by atoms with Crippen LogP contribution in [-0.2, 0) is 13.1 Å². The van der Waals surface area contributed by atoms with Gasteiger partial charge in [-0.05, 0) is 27.7 Å². The summed E-state index contributed by atoms with van der Waals surface area (Å²) < 4.78 is 3.22. The van der Waals surface area contributed by atoms with Crippen molar-refractivity contribution >= 4 is 34.2 Å². The SMILES string of the molecule is CCn1c(C)c(C(=O)C=CN(C)C)sc1=O.CCn1c(C)c(C(C)=O)sc1=O. The van der Waals surface area contributed by atoms with Gasteiger partial charge in [-0.1, -0.05) is 22.7 Å². The van der Waals surface area contributed by atoms with Crippen LogP contribution in [0.3, 0.4) is 0 Å². The van der Waals surface area contributed by atoms with Gasteiger partial charge in [0.2, 0.25) is 0 Å². The van der Waals surface area contributed by atoms with Crippen molar-refractivity contribution in [2.75, 3.05) is 14.1 Å². The Hall–Kier alpha value is -2.26. The first-order valence-electron chi connectivity index (χ1n) is 8.85. The number of thiazole rings is 2. The minimum absolute atomic E-state index is 0.0261. The van der Waals surface area contributed by atoms with E-state index in [2.05, 4.69) is 0 Å². The summed E-state index contributed by atoms with van der Waals surface area (Å²) in [5, 5.41) is 0. The van der Waals surface area contributed by atoms with Crippen molar-refractivity contribution in [3.8, 4) is 0 Å². The first-order valence-corrected chi connectivity index (χ1v) is 10.5. The molecule has 0 amide bonds. The lowest BCUT2D eigenvalue weighted by Gasteiger charge is -2.02. The fourth-order valence-corrected chi connectivity index (χ4v) is 4.46. The van der Waals surface area contributed by atoms with E-state index in [1.165, 1.54) is 13.0 Å². The molecule has 0 atom stereocenters. The van der Waals surface area contributed by atoms with Gasteiger partial charge >= 0.3 is 9.75 Å². The van der Waals surface area contributed by atoms with Crippen LogP contribution in [0.15, 0.2) is 21.9 Å². The summed E-state index contributed by atoms with van der Waals surface area (Å²) in [6.45, 7) is 10.1. The molecule has 0 aliphatic rings. The molecule has 0 fully saturated rings. The van der Waals surface area contributed by atoms with Crippen LogP contribution in [-0.4, -0.2) is 39.7 Å². The van der Waals surface area contributed by atoms with Crippen molar-refractivity contribution < 1.29 is 9.59 Å². The Labute approximate surface area is 172 Å². The molecule has 0 unspecified atom stereocenters. The number of rotatable bonds is 6. The van der Waals surface area contributed by atoms with E-state index in [-0.39, 0.29) is 21.3 Å². The molecule has 154 valence electrons. The summed E-state index contributed by atoms with van der Waals surface area (Å²) in [5.41, 5.74) is 1.55. The number of nitrogens with zero attached hydrogens (tertiary/aromatic N) is 3. The second-order valence-electron chi connectivity index (χ2n) is 6.25. The van der Waals surface area contributed by atoms with Crippen LogP contribution in [0.1, 0.15) is 51.5 Å². The molecule has 0 saturated heterocycles. The fourth-order valence-electron chi connectivity index (χ4n) is 2.53. The maximum atomic E-state index is 11.8. The number of carbonyl (C=O) groups is 2. The van der Waals surface area contributed by atoms with Crippen LogP contribution in [0.5, 0.6) is 0 Å². The van der Waals surface area contributed by atoms with E-state index in [0.29, 0.717) is 22.8 Å². The average molecular weight is 426 g/mol. The van der Waals surface area contributed by atoms with Crippen molar-refractivity contribution in [1.29, 1.82) is 0 Å². The zero-order chi connectivity index (χ0) is 21.6. The Morgan fingerprint density at radius 3 is 1.68 bits per heavy atom. The first-order chi connectivity index (χ1) is 13.0. The zero-order valence-corrected chi connectivity index (χ0v) is 19.0. The highest BCUT2D eigenvalue weighted by Gasteiger charge is 2.14. The molecule has 28 heavy (non-hydrogen) atoms. The van der Waals surface area contributed by atoms with Crippen LogP contribution in [0, 0.1) is 13.8 Å². The predicted octanol–water partition coefficient (Wildman–Crippen LogP) is 2.94. The number of ketones is 2. The molecule has 0 N–H and O–H groups in total. The number of allylic oxidation sites excluding steroid dienone is 1. The molecule has 0 saturated carbocycles. The summed E-state index contributed by atoms with van der Waals surface area (Å²) in [5.74, 6) is -0.137. The molecule has 0 spiro atoms.